The van der Waals surface area contributed by atoms with E-state index >= 15 is 0 Å². The molecule has 9 heteroatoms. The van der Waals surface area contributed by atoms with Crippen molar-refractivity contribution >= 4 is 45.5 Å². The molecule has 0 unspecified atom stereocenters. The number of morpholine rings is 1. The molecule has 2 aromatic carbocycles. The van der Waals surface area contributed by atoms with Crippen molar-refractivity contribution in [3.63, 3.8) is 0 Å². The number of nitrogens with zero attached hydrogens (tertiary/aromatic N) is 2. The minimum absolute atomic E-state index is 0.126. The summed E-state index contributed by atoms with van der Waals surface area (Å²) < 4.78 is 11.1. The third-order valence-electron chi connectivity index (χ3n) is 5.72. The zero-order chi connectivity index (χ0) is 23.9. The molecule has 0 spiro atoms. The predicted molar refractivity (Wildman–Crippen MR) is 141 cm³/mol. The number of hydrogen-bond acceptors (Lipinski definition) is 5. The molecule has 0 radical (unpaired) electrons. The molecule has 34 heavy (non-hydrogen) atoms. The fraction of sp³-hybridized carbons (Fsp3) is 0.360. The quantitative estimate of drug-likeness (QED) is 0.451. The van der Waals surface area contributed by atoms with E-state index < -0.39 is 0 Å². The van der Waals surface area contributed by atoms with Crippen LogP contribution >= 0.6 is 23.8 Å². The summed E-state index contributed by atoms with van der Waals surface area (Å²) in [4.78, 5) is 20.2. The fourth-order valence-electron chi connectivity index (χ4n) is 3.92. The third-order valence-corrected chi connectivity index (χ3v) is 6.31. The number of fused-ring (bicyclic) bond motifs is 1. The van der Waals surface area contributed by atoms with Crippen LogP contribution in [-0.2, 0) is 11.3 Å². The summed E-state index contributed by atoms with van der Waals surface area (Å²) in [6.07, 6.45) is 0. The summed E-state index contributed by atoms with van der Waals surface area (Å²) in [7, 11) is 0. The highest BCUT2D eigenvalue weighted by atomic mass is 35.5. The molecule has 1 aromatic heterocycles. The Morgan fingerprint density at radius 3 is 2.82 bits per heavy atom. The number of hydrogen-bond donors (Lipinski definition) is 2. The van der Waals surface area contributed by atoms with Gasteiger partial charge in [0, 0.05) is 53.4 Å². The Hall–Kier alpha value is -2.65. The van der Waals surface area contributed by atoms with Crippen molar-refractivity contribution in [1.82, 2.24) is 14.8 Å². The van der Waals surface area contributed by atoms with Crippen molar-refractivity contribution in [1.29, 1.82) is 0 Å². The number of thiocarbonyl (C=S) groups is 1. The van der Waals surface area contributed by atoms with E-state index in [1.165, 1.54) is 0 Å². The fourth-order valence-corrected chi connectivity index (χ4v) is 4.38. The highest BCUT2D eigenvalue weighted by Crippen LogP contribution is 2.20. The molecule has 0 bridgehead atoms. The maximum Gasteiger partial charge on any atom is 0.253 e. The van der Waals surface area contributed by atoms with E-state index in [0.717, 1.165) is 55.2 Å². The van der Waals surface area contributed by atoms with Gasteiger partial charge in [-0.15, -0.1) is 0 Å². The summed E-state index contributed by atoms with van der Waals surface area (Å²) in [5.74, 6) is 0.773. The standard InChI is InChI=1S/C25H29ClN4O3S/c1-2-33-22-6-7-23-18(15-22)14-19(24(31)28-23)17-30(9-8-29-10-12-32-13-11-29)25(34)27-21-5-3-4-20(26)16-21/h3-7,14-16H,2,8-13,17H2,1H3,(H,27,34)(H,28,31). The number of nitrogens with one attached hydrogen (secondary N) is 2. The van der Waals surface area contributed by atoms with Crippen molar-refractivity contribution < 1.29 is 9.47 Å². The molecule has 1 aliphatic heterocycles. The topological polar surface area (TPSA) is 69.8 Å². The van der Waals surface area contributed by atoms with E-state index in [1.807, 2.05) is 60.4 Å². The summed E-state index contributed by atoms with van der Waals surface area (Å²) >= 11 is 11.9. The molecular formula is C25H29ClN4O3S. The lowest BCUT2D eigenvalue weighted by Crippen LogP contribution is -2.44. The Morgan fingerprint density at radius 1 is 1.24 bits per heavy atom. The van der Waals surface area contributed by atoms with Gasteiger partial charge >= 0.3 is 0 Å². The van der Waals surface area contributed by atoms with Crippen molar-refractivity contribution in [2.24, 2.45) is 0 Å². The number of pyridine rings is 1. The van der Waals surface area contributed by atoms with E-state index in [2.05, 4.69) is 15.2 Å². The van der Waals surface area contributed by atoms with E-state index in [1.54, 1.807) is 0 Å². The van der Waals surface area contributed by atoms with Crippen LogP contribution in [0.25, 0.3) is 10.9 Å². The van der Waals surface area contributed by atoms with Crippen molar-refractivity contribution in [2.75, 3.05) is 51.3 Å². The number of halogens is 1. The van der Waals surface area contributed by atoms with Crippen LogP contribution in [0.15, 0.2) is 53.3 Å². The SMILES string of the molecule is CCOc1ccc2[nH]c(=O)c(CN(CCN3CCOCC3)C(=S)Nc3cccc(Cl)c3)cc2c1. The average Bonchev–Trinajstić information content (AvgIpc) is 2.83. The van der Waals surface area contributed by atoms with Gasteiger partial charge < -0.3 is 24.7 Å². The summed E-state index contributed by atoms with van der Waals surface area (Å²) in [5, 5.41) is 5.36. The second-order valence-electron chi connectivity index (χ2n) is 8.12. The molecule has 180 valence electrons. The zero-order valence-corrected chi connectivity index (χ0v) is 20.8. The smallest absolute Gasteiger partial charge is 0.253 e. The number of H-pyrrole nitrogens is 1. The van der Waals surface area contributed by atoms with Crippen LogP contribution < -0.4 is 15.6 Å². The highest BCUT2D eigenvalue weighted by Gasteiger charge is 2.17. The Balaban J connectivity index is 1.56. The van der Waals surface area contributed by atoms with Crippen LogP contribution in [0.3, 0.4) is 0 Å². The molecule has 7 nitrogen and oxygen atoms in total. The van der Waals surface area contributed by atoms with Gasteiger partial charge in [-0.05, 0) is 61.6 Å². The van der Waals surface area contributed by atoms with Crippen LogP contribution in [-0.4, -0.2) is 65.9 Å². The average molecular weight is 501 g/mol. The van der Waals surface area contributed by atoms with E-state index in [4.69, 9.17) is 33.3 Å². The van der Waals surface area contributed by atoms with Gasteiger partial charge in [0.15, 0.2) is 5.11 Å². The number of aromatic nitrogens is 1. The number of benzene rings is 2. The first kappa shape index (κ1) is 24.5. The molecular weight excluding hydrogens is 472 g/mol. The Morgan fingerprint density at radius 2 is 2.06 bits per heavy atom. The van der Waals surface area contributed by atoms with E-state index in [9.17, 15) is 4.79 Å². The lowest BCUT2D eigenvalue weighted by Gasteiger charge is -2.31. The normalized spacial score (nSPS) is 14.2. The lowest BCUT2D eigenvalue weighted by molar-refractivity contribution is 0.0358. The van der Waals surface area contributed by atoms with Crippen LogP contribution in [0.2, 0.25) is 5.02 Å². The molecule has 1 fully saturated rings. The molecule has 2 heterocycles. The van der Waals surface area contributed by atoms with Gasteiger partial charge in [-0.3, -0.25) is 9.69 Å². The Kier molecular flexibility index (Phi) is 8.39. The summed E-state index contributed by atoms with van der Waals surface area (Å²) in [6, 6.07) is 15.0. The number of aromatic amines is 1. The summed E-state index contributed by atoms with van der Waals surface area (Å²) in [5.41, 5.74) is 2.09. The summed E-state index contributed by atoms with van der Waals surface area (Å²) in [6.45, 7) is 7.64. The molecule has 2 N–H and O–H groups in total. The lowest BCUT2D eigenvalue weighted by atomic mass is 10.1. The first-order valence-corrected chi connectivity index (χ1v) is 12.2. The van der Waals surface area contributed by atoms with Crippen molar-refractivity contribution in [2.45, 2.75) is 13.5 Å². The van der Waals surface area contributed by atoms with E-state index in [-0.39, 0.29) is 5.56 Å². The van der Waals surface area contributed by atoms with Gasteiger partial charge in [-0.2, -0.15) is 0 Å². The minimum Gasteiger partial charge on any atom is -0.494 e. The maximum atomic E-state index is 12.9. The first-order valence-electron chi connectivity index (χ1n) is 11.4. The zero-order valence-electron chi connectivity index (χ0n) is 19.2. The molecule has 3 aromatic rings. The predicted octanol–water partition coefficient (Wildman–Crippen LogP) is 4.11. The van der Waals surface area contributed by atoms with Gasteiger partial charge in [0.05, 0.1) is 26.4 Å². The van der Waals surface area contributed by atoms with Crippen LogP contribution in [0.4, 0.5) is 5.69 Å². The molecule has 1 aliphatic rings. The number of anilines is 1. The molecule has 1 saturated heterocycles. The number of rotatable bonds is 8. The number of ether oxygens (including phenoxy) is 2. The van der Waals surface area contributed by atoms with Crippen LogP contribution in [0.5, 0.6) is 5.75 Å². The molecule has 0 atom stereocenters. The van der Waals surface area contributed by atoms with Crippen LogP contribution in [0.1, 0.15) is 12.5 Å². The maximum absolute atomic E-state index is 12.9. The molecule has 4 rings (SSSR count). The van der Waals surface area contributed by atoms with Gasteiger partial charge in [-0.1, -0.05) is 17.7 Å². The first-order chi connectivity index (χ1) is 16.5. The molecule has 0 aliphatic carbocycles. The minimum atomic E-state index is -0.126. The van der Waals surface area contributed by atoms with Gasteiger partial charge in [-0.25, -0.2) is 0 Å². The largest absolute Gasteiger partial charge is 0.494 e. The highest BCUT2D eigenvalue weighted by molar-refractivity contribution is 7.80. The van der Waals surface area contributed by atoms with Gasteiger partial charge in [0.2, 0.25) is 0 Å². The molecule has 0 amide bonds. The second-order valence-corrected chi connectivity index (χ2v) is 8.94. The van der Waals surface area contributed by atoms with Crippen molar-refractivity contribution in [3.8, 4) is 5.75 Å². The van der Waals surface area contributed by atoms with E-state index in [0.29, 0.717) is 35.4 Å². The molecule has 0 saturated carbocycles. The van der Waals surface area contributed by atoms with Gasteiger partial charge in [0.1, 0.15) is 5.75 Å². The van der Waals surface area contributed by atoms with Gasteiger partial charge in [0.25, 0.3) is 5.56 Å². The van der Waals surface area contributed by atoms with Crippen molar-refractivity contribution in [3.05, 3.63) is 69.5 Å². The monoisotopic (exact) mass is 500 g/mol. The Bertz CT molecular complexity index is 1200. The third kappa shape index (κ3) is 6.48. The second kappa shape index (κ2) is 11.7. The Labute approximate surface area is 209 Å². The van der Waals surface area contributed by atoms with Crippen LogP contribution in [0, 0.1) is 0 Å².